The van der Waals surface area contributed by atoms with Crippen LogP contribution >= 0.6 is 22.7 Å². The van der Waals surface area contributed by atoms with E-state index in [2.05, 4.69) is 41.8 Å². The summed E-state index contributed by atoms with van der Waals surface area (Å²) in [5.41, 5.74) is 9.05. The van der Waals surface area contributed by atoms with Gasteiger partial charge in [0.2, 0.25) is 17.7 Å². The molecule has 3 aromatic heterocycles. The minimum atomic E-state index is -0.940. The highest BCUT2D eigenvalue weighted by Gasteiger charge is 2.45. The fourth-order valence-electron chi connectivity index (χ4n) is 11.4. The lowest BCUT2D eigenvalue weighted by atomic mass is 9.85. The number of esters is 1. The molecule has 4 amide bonds. The lowest BCUT2D eigenvalue weighted by molar-refractivity contribution is -0.144. The van der Waals surface area contributed by atoms with Crippen LogP contribution in [0.1, 0.15) is 123 Å². The molecule has 4 atom stereocenters. The molecule has 10 rings (SSSR count). The number of hydrogen-bond donors (Lipinski definition) is 4. The molecule has 0 saturated carbocycles. The molecule has 0 spiro atoms. The second-order valence-electron chi connectivity index (χ2n) is 24.5. The van der Waals surface area contributed by atoms with Crippen molar-refractivity contribution < 1.29 is 38.6 Å². The Balaban J connectivity index is 0.750. The zero-order chi connectivity index (χ0) is 59.6. The monoisotopic (exact) mass is 1170 g/mol. The second kappa shape index (κ2) is 24.9. The van der Waals surface area contributed by atoms with Crippen LogP contribution in [-0.2, 0) is 32.1 Å². The normalized spacial score (nSPS) is 17.5. The van der Waals surface area contributed by atoms with Crippen molar-refractivity contribution >= 4 is 73.4 Å². The highest BCUT2D eigenvalue weighted by Crippen LogP contribution is 2.37. The van der Waals surface area contributed by atoms with E-state index in [1.165, 1.54) is 16.2 Å². The summed E-state index contributed by atoms with van der Waals surface area (Å²) in [5, 5.41) is 20.5. The minimum absolute atomic E-state index is 0.0119. The van der Waals surface area contributed by atoms with Crippen LogP contribution < -0.4 is 25.6 Å². The molecule has 0 aliphatic carbocycles. The van der Waals surface area contributed by atoms with Gasteiger partial charge in [0.25, 0.3) is 5.91 Å². The smallest absolute Gasteiger partial charge is 0.358 e. The Morgan fingerprint density at radius 2 is 1.58 bits per heavy atom. The van der Waals surface area contributed by atoms with Gasteiger partial charge in [-0.3, -0.25) is 29.4 Å². The molecule has 0 radical (unpaired) electrons. The molecule has 84 heavy (non-hydrogen) atoms. The number of pyridine rings is 1. The van der Waals surface area contributed by atoms with Crippen LogP contribution in [0.25, 0.3) is 31.8 Å². The van der Waals surface area contributed by atoms with E-state index in [1.54, 1.807) is 11.3 Å². The van der Waals surface area contributed by atoms with Gasteiger partial charge in [-0.25, -0.2) is 19.7 Å². The van der Waals surface area contributed by atoms with E-state index >= 15 is 0 Å². The number of aliphatic hydroxyl groups excluding tert-OH is 1. The predicted octanol–water partition coefficient (Wildman–Crippen LogP) is 10.3. The van der Waals surface area contributed by atoms with Gasteiger partial charge in [-0.1, -0.05) is 92.8 Å². The Kier molecular flexibility index (Phi) is 17.7. The summed E-state index contributed by atoms with van der Waals surface area (Å²) in [6.07, 6.45) is 1.46. The Bertz CT molecular complexity index is 3550. The van der Waals surface area contributed by atoms with Gasteiger partial charge in [-0.15, -0.1) is 11.3 Å². The number of thiazole rings is 2. The number of piperidine rings is 1. The molecule has 4 aromatic carbocycles. The number of aryl methyl sites for hydroxylation is 1. The number of β-amino-alcohol motifs (C(OH)–C–C–N with tert-alkyl or cyclic N) is 1. The van der Waals surface area contributed by atoms with Gasteiger partial charge < -0.3 is 35.0 Å². The Hall–Kier alpha value is -7.58. The number of nitrogens with zero attached hydrogens (tertiary/aromatic N) is 6. The first-order valence-electron chi connectivity index (χ1n) is 28.9. The van der Waals surface area contributed by atoms with Crippen LogP contribution in [0.5, 0.6) is 5.75 Å². The molecule has 3 aliphatic heterocycles. The number of anilines is 2. The number of carbonyl (C=O) groups excluding carboxylic acids is 5. The number of aromatic nitrogens is 3. The van der Waals surface area contributed by atoms with Gasteiger partial charge in [0.15, 0.2) is 10.8 Å². The predicted molar refractivity (Wildman–Crippen MR) is 329 cm³/mol. The van der Waals surface area contributed by atoms with E-state index in [1.807, 2.05) is 159 Å². The summed E-state index contributed by atoms with van der Waals surface area (Å²) >= 11 is 3.01. The maximum atomic E-state index is 14.4. The van der Waals surface area contributed by atoms with Gasteiger partial charge in [-0.05, 0) is 155 Å². The summed E-state index contributed by atoms with van der Waals surface area (Å²) in [4.78, 5) is 90.8. The highest BCUT2D eigenvalue weighted by molar-refractivity contribution is 7.22. The third kappa shape index (κ3) is 13.7. The van der Waals surface area contributed by atoms with Gasteiger partial charge in [0, 0.05) is 37.2 Å². The highest BCUT2D eigenvalue weighted by atomic mass is 32.1. The molecule has 3 aliphatic rings. The minimum Gasteiger partial charge on any atom is -0.493 e. The summed E-state index contributed by atoms with van der Waals surface area (Å²) in [6, 6.07) is 29.0. The van der Waals surface area contributed by atoms with Crippen LogP contribution in [0.3, 0.4) is 0 Å². The van der Waals surface area contributed by atoms with Crippen molar-refractivity contribution in [1.29, 1.82) is 0 Å². The fraction of sp³-hybridized carbons (Fsp3) is 0.415. The zero-order valence-corrected chi connectivity index (χ0v) is 50.9. The van der Waals surface area contributed by atoms with Gasteiger partial charge in [-0.2, -0.15) is 0 Å². The van der Waals surface area contributed by atoms with Crippen molar-refractivity contribution in [2.45, 2.75) is 124 Å². The lowest BCUT2D eigenvalue weighted by Crippen LogP contribution is -2.59. The number of hydrogen-bond acceptors (Lipinski definition) is 15. The molecule has 17 nitrogen and oxygen atoms in total. The van der Waals surface area contributed by atoms with Crippen LogP contribution in [-0.4, -0.2) is 123 Å². The molecule has 2 fully saturated rings. The number of aliphatic hydroxyl groups is 1. The molecule has 4 N–H and O–H groups in total. The topological polar surface area (TPSA) is 209 Å². The molecule has 0 unspecified atom stereocenters. The molecule has 19 heteroatoms. The van der Waals surface area contributed by atoms with Crippen molar-refractivity contribution in [2.24, 2.45) is 11.3 Å². The molecule has 2 saturated heterocycles. The number of nitrogens with one attached hydrogen (secondary N) is 3. The quantitative estimate of drug-likeness (QED) is 0.0665. The number of rotatable bonds is 16. The molecule has 7 aromatic rings. The Morgan fingerprint density at radius 1 is 0.833 bits per heavy atom. The van der Waals surface area contributed by atoms with Crippen molar-refractivity contribution in [3.63, 3.8) is 0 Å². The molecule has 0 bridgehead atoms. The number of ether oxygens (including phenoxy) is 2. The Labute approximate surface area is 499 Å². The number of likely N-dealkylation sites (tertiary alicyclic amines) is 2. The lowest BCUT2D eigenvalue weighted by Gasteiger charge is -2.36. The number of benzene rings is 4. The summed E-state index contributed by atoms with van der Waals surface area (Å²) < 4.78 is 13.5. The maximum Gasteiger partial charge on any atom is 0.358 e. The standard InChI is InChI=1S/C65H75N9O8S2/c1-38-46(47-24-25-54(69-56(47)62(80)82-65(7,8)9)73-31-28-43-14-12-16-48(49(43)34-73)59(77)71-63-68-50-17-10-11-19-53(50)84-63)15-13-18-52(38)81-36-41-26-29-72(30-27-41)35-55(76)70-58(64(4,5)6)61(79)74-33-45(75)32-51(74)60(78)67-39(2)42-20-22-44(23-21-42)57-40(3)66-37-83-57/h10-25,37,39,41,45,51,58,75H,26-36H2,1-9H3,(H,67,78)(H,70,76)(H,68,71,77)/t39-,45+,51-,58+/m0/s1. The van der Waals surface area contributed by atoms with Crippen molar-refractivity contribution in [3.8, 4) is 27.3 Å². The van der Waals surface area contributed by atoms with Crippen molar-refractivity contribution in [1.82, 2.24) is 35.4 Å². The zero-order valence-electron chi connectivity index (χ0n) is 49.3. The van der Waals surface area contributed by atoms with Gasteiger partial charge in [0.05, 0.1) is 51.6 Å². The van der Waals surface area contributed by atoms with E-state index in [4.69, 9.17) is 14.5 Å². The number of carbonyl (C=O) groups is 5. The van der Waals surface area contributed by atoms with Crippen molar-refractivity contribution in [3.05, 3.63) is 142 Å². The van der Waals surface area contributed by atoms with E-state index < -0.39 is 41.1 Å². The molecule has 440 valence electrons. The summed E-state index contributed by atoms with van der Waals surface area (Å²) in [5.74, 6) is -0.353. The Morgan fingerprint density at radius 3 is 2.30 bits per heavy atom. The van der Waals surface area contributed by atoms with Crippen LogP contribution in [0.4, 0.5) is 10.9 Å². The van der Waals surface area contributed by atoms with Crippen LogP contribution in [0.15, 0.2) is 103 Å². The number of amides is 4. The molecule has 6 heterocycles. The fourth-order valence-corrected chi connectivity index (χ4v) is 13.1. The number of fused-ring (bicyclic) bond motifs is 2. The average Bonchev–Trinajstić information content (AvgIpc) is 3.57. The van der Waals surface area contributed by atoms with Gasteiger partial charge in [0.1, 0.15) is 29.3 Å². The van der Waals surface area contributed by atoms with E-state index in [-0.39, 0.29) is 54.9 Å². The van der Waals surface area contributed by atoms with E-state index in [0.29, 0.717) is 67.0 Å². The van der Waals surface area contributed by atoms with Crippen molar-refractivity contribution in [2.75, 3.05) is 49.5 Å². The van der Waals surface area contributed by atoms with Crippen LogP contribution in [0, 0.1) is 25.2 Å². The SMILES string of the molecule is Cc1ncsc1-c1ccc([C@H](C)NC(=O)[C@@H]2C[C@@H](O)CN2C(=O)[C@@H](NC(=O)CN2CCC(COc3cccc(-c4ccc(N5CCc6cccc(C(=O)Nc7nc8ccccc8s7)c6C5)nc4C(=O)OC(C)(C)C)c3C)CC2)C(C)(C)C)cc1. The third-order valence-electron chi connectivity index (χ3n) is 16.0. The summed E-state index contributed by atoms with van der Waals surface area (Å²) in [6.45, 7) is 19.9. The van der Waals surface area contributed by atoms with Crippen LogP contribution in [0.2, 0.25) is 0 Å². The van der Waals surface area contributed by atoms with E-state index in [0.717, 1.165) is 67.0 Å². The second-order valence-corrected chi connectivity index (χ2v) is 26.3. The third-order valence-corrected chi connectivity index (χ3v) is 17.9. The first-order valence-corrected chi connectivity index (χ1v) is 30.6. The molecular formula is C65H75N9O8S2. The summed E-state index contributed by atoms with van der Waals surface area (Å²) in [7, 11) is 0. The first-order chi connectivity index (χ1) is 40.1. The van der Waals surface area contributed by atoms with E-state index in [9.17, 15) is 29.1 Å². The van der Waals surface area contributed by atoms with Gasteiger partial charge >= 0.3 is 5.97 Å². The molecular weight excluding hydrogens is 1100 g/mol. The first kappa shape index (κ1) is 59.6. The number of para-hydroxylation sites is 1. The largest absolute Gasteiger partial charge is 0.493 e. The maximum absolute atomic E-state index is 14.4. The average molecular weight is 1170 g/mol.